The van der Waals surface area contributed by atoms with E-state index in [4.69, 9.17) is 5.11 Å². The van der Waals surface area contributed by atoms with Crippen LogP contribution in [-0.2, 0) is 20.1 Å². The number of aromatic nitrogens is 3. The predicted molar refractivity (Wildman–Crippen MR) is 198 cm³/mol. The van der Waals surface area contributed by atoms with Crippen molar-refractivity contribution in [3.8, 4) is 22.5 Å². The average molecular weight is 824 g/mol. The molecule has 0 unspecified atom stereocenters. The number of pyridine rings is 3. The summed E-state index contributed by atoms with van der Waals surface area (Å²) < 4.78 is 0. The first kappa shape index (κ1) is 33.8. The molecule has 9 rings (SSSR count). The Balaban J connectivity index is 0.000000138. The zero-order valence-electron chi connectivity index (χ0n) is 26.7. The Kier molecular flexibility index (Phi) is 10.7. The molecule has 3 aromatic heterocycles. The summed E-state index contributed by atoms with van der Waals surface area (Å²) in [5.74, 6) is -0.990. The Morgan fingerprint density at radius 1 is 0.440 bits per heavy atom. The van der Waals surface area contributed by atoms with Gasteiger partial charge in [-0.1, -0.05) is 113 Å². The Morgan fingerprint density at radius 3 is 1.32 bits per heavy atom. The van der Waals surface area contributed by atoms with Crippen molar-refractivity contribution in [2.45, 2.75) is 0 Å². The van der Waals surface area contributed by atoms with Gasteiger partial charge in [0.15, 0.2) is 0 Å². The SMILES string of the molecule is O=C(O)c1ccccn1.[Ir].[c-]1c(-c2nccc3ccccc23)ccc2ccccc12.[c-]1c(-c2nccc3ccccc23)ccc2ccccc12. The maximum atomic E-state index is 10.1. The normalized spacial score (nSPS) is 10.4. The van der Waals surface area contributed by atoms with Crippen LogP contribution in [0.1, 0.15) is 10.5 Å². The van der Waals surface area contributed by atoms with Gasteiger partial charge >= 0.3 is 5.97 Å². The molecule has 0 amide bonds. The van der Waals surface area contributed by atoms with Crippen molar-refractivity contribution in [1.82, 2.24) is 15.0 Å². The maximum absolute atomic E-state index is 10.1. The van der Waals surface area contributed by atoms with E-state index in [2.05, 4.69) is 124 Å². The molecule has 0 fully saturated rings. The molecule has 0 spiro atoms. The first-order chi connectivity index (χ1) is 24.1. The Labute approximate surface area is 303 Å². The quantitative estimate of drug-likeness (QED) is 0.180. The van der Waals surface area contributed by atoms with Gasteiger partial charge in [-0.05, 0) is 45.8 Å². The zero-order valence-corrected chi connectivity index (χ0v) is 29.1. The number of aromatic carboxylic acids is 1. The van der Waals surface area contributed by atoms with Crippen LogP contribution >= 0.6 is 0 Å². The van der Waals surface area contributed by atoms with Gasteiger partial charge in [-0.25, -0.2) is 9.78 Å². The van der Waals surface area contributed by atoms with Gasteiger partial charge < -0.3 is 5.11 Å². The summed E-state index contributed by atoms with van der Waals surface area (Å²) >= 11 is 0. The van der Waals surface area contributed by atoms with Crippen molar-refractivity contribution in [2.24, 2.45) is 0 Å². The summed E-state index contributed by atoms with van der Waals surface area (Å²) in [7, 11) is 0. The van der Waals surface area contributed by atoms with E-state index in [-0.39, 0.29) is 25.8 Å². The number of carboxylic acids is 1. The molecule has 0 bridgehead atoms. The Hall–Kier alpha value is -6.07. The third-order valence-electron chi connectivity index (χ3n) is 8.06. The van der Waals surface area contributed by atoms with Crippen LogP contribution in [0.3, 0.4) is 0 Å². The molecule has 0 aliphatic rings. The fraction of sp³-hybridized carbons (Fsp3) is 0. The third-order valence-corrected chi connectivity index (χ3v) is 8.06. The van der Waals surface area contributed by atoms with Crippen molar-refractivity contribution in [2.75, 3.05) is 0 Å². The van der Waals surface area contributed by atoms with Gasteiger partial charge in [0, 0.05) is 50.1 Å². The van der Waals surface area contributed by atoms with Crippen LogP contribution in [0.5, 0.6) is 0 Å². The molecule has 5 nitrogen and oxygen atoms in total. The fourth-order valence-corrected chi connectivity index (χ4v) is 5.67. The fourth-order valence-electron chi connectivity index (χ4n) is 5.67. The second-order valence-corrected chi connectivity index (χ2v) is 11.2. The van der Waals surface area contributed by atoms with Gasteiger partial charge in [0.1, 0.15) is 5.69 Å². The molecule has 9 aromatic rings. The molecule has 0 aliphatic heterocycles. The second kappa shape index (κ2) is 15.9. The van der Waals surface area contributed by atoms with Gasteiger partial charge in [0.25, 0.3) is 0 Å². The molecule has 1 radical (unpaired) electrons. The molecule has 6 heteroatoms. The van der Waals surface area contributed by atoms with E-state index < -0.39 is 5.97 Å². The molecule has 0 saturated heterocycles. The van der Waals surface area contributed by atoms with Crippen LogP contribution in [-0.4, -0.2) is 26.0 Å². The van der Waals surface area contributed by atoms with Crippen molar-refractivity contribution in [3.05, 3.63) is 188 Å². The standard InChI is InChI=1S/2C19H12N.C6H5NO2.Ir/c2*1-2-7-16-13-17(10-9-14(16)5-1)19-18-8-4-3-6-15(18)11-12-20-19;8-6(9)5-3-1-2-4-7-5;/h2*1-12H;1-4H,(H,8,9);/q2*-1;;. The predicted octanol–water partition coefficient (Wildman–Crippen LogP) is 10.5. The van der Waals surface area contributed by atoms with Crippen LogP contribution < -0.4 is 0 Å². The van der Waals surface area contributed by atoms with Crippen LogP contribution in [0.15, 0.2) is 170 Å². The first-order valence-corrected chi connectivity index (χ1v) is 15.8. The summed E-state index contributed by atoms with van der Waals surface area (Å²) in [6, 6.07) is 57.4. The minimum Gasteiger partial charge on any atom is -0.477 e. The van der Waals surface area contributed by atoms with E-state index in [0.29, 0.717) is 0 Å². The van der Waals surface area contributed by atoms with Gasteiger partial charge in [0.05, 0.1) is 0 Å². The van der Waals surface area contributed by atoms with E-state index in [9.17, 15) is 4.79 Å². The van der Waals surface area contributed by atoms with Crippen LogP contribution in [0.4, 0.5) is 0 Å². The molecular formula is C44H29IrN3O2-2. The molecule has 1 N–H and O–H groups in total. The molecule has 0 atom stereocenters. The average Bonchev–Trinajstić information content (AvgIpc) is 3.18. The Morgan fingerprint density at radius 2 is 0.880 bits per heavy atom. The second-order valence-electron chi connectivity index (χ2n) is 11.2. The van der Waals surface area contributed by atoms with Gasteiger partial charge in [-0.3, -0.25) is 9.97 Å². The number of benzene rings is 6. The minimum atomic E-state index is -0.990. The van der Waals surface area contributed by atoms with Crippen LogP contribution in [0, 0.1) is 12.1 Å². The molecule has 50 heavy (non-hydrogen) atoms. The van der Waals surface area contributed by atoms with Gasteiger partial charge in [-0.15, -0.1) is 59.3 Å². The van der Waals surface area contributed by atoms with E-state index >= 15 is 0 Å². The smallest absolute Gasteiger partial charge is 0.354 e. The summed E-state index contributed by atoms with van der Waals surface area (Å²) in [6.07, 6.45) is 5.17. The van der Waals surface area contributed by atoms with Gasteiger partial charge in [0.2, 0.25) is 0 Å². The number of carboxylic acid groups (broad SMARTS) is 1. The number of hydrogen-bond acceptors (Lipinski definition) is 4. The summed E-state index contributed by atoms with van der Waals surface area (Å²) in [6.45, 7) is 0. The first-order valence-electron chi connectivity index (χ1n) is 15.8. The molecule has 3 heterocycles. The van der Waals surface area contributed by atoms with Crippen molar-refractivity contribution in [1.29, 1.82) is 0 Å². The van der Waals surface area contributed by atoms with E-state index in [1.807, 2.05) is 48.8 Å². The monoisotopic (exact) mass is 824 g/mol. The molecule has 0 saturated carbocycles. The largest absolute Gasteiger partial charge is 0.477 e. The van der Waals surface area contributed by atoms with E-state index in [1.54, 1.807) is 12.1 Å². The molecule has 6 aromatic carbocycles. The number of nitrogens with zero attached hydrogens (tertiary/aromatic N) is 3. The van der Waals surface area contributed by atoms with Crippen molar-refractivity contribution >= 4 is 49.1 Å². The molecular weight excluding hydrogens is 795 g/mol. The number of hydrogen-bond donors (Lipinski definition) is 1. The molecule has 243 valence electrons. The Bertz CT molecular complexity index is 2390. The van der Waals surface area contributed by atoms with Crippen molar-refractivity contribution < 1.29 is 30.0 Å². The molecule has 0 aliphatic carbocycles. The van der Waals surface area contributed by atoms with Gasteiger partial charge in [-0.2, -0.15) is 0 Å². The zero-order chi connectivity index (χ0) is 33.4. The minimum absolute atomic E-state index is 0. The number of carbonyl (C=O) groups is 1. The summed E-state index contributed by atoms with van der Waals surface area (Å²) in [5.41, 5.74) is 4.15. The van der Waals surface area contributed by atoms with Crippen LogP contribution in [0.2, 0.25) is 0 Å². The third kappa shape index (κ3) is 7.63. The topological polar surface area (TPSA) is 76.0 Å². The van der Waals surface area contributed by atoms with Crippen molar-refractivity contribution in [3.63, 3.8) is 0 Å². The van der Waals surface area contributed by atoms with E-state index in [1.165, 1.54) is 44.6 Å². The summed E-state index contributed by atoms with van der Waals surface area (Å²) in [5, 5.41) is 17.7. The number of rotatable bonds is 3. The number of fused-ring (bicyclic) bond motifs is 4. The van der Waals surface area contributed by atoms with E-state index in [0.717, 1.165) is 33.3 Å². The summed E-state index contributed by atoms with van der Waals surface area (Å²) in [4.78, 5) is 22.8. The maximum Gasteiger partial charge on any atom is 0.354 e. The van der Waals surface area contributed by atoms with Crippen LogP contribution in [0.25, 0.3) is 65.6 Å².